The molecule has 82 valence electrons. The van der Waals surface area contributed by atoms with Gasteiger partial charge in [0.25, 0.3) is 0 Å². The molecular formula is C14H20O. The third-order valence-corrected chi connectivity index (χ3v) is 3.47. The van der Waals surface area contributed by atoms with Crippen molar-refractivity contribution in [2.24, 2.45) is 5.92 Å². The van der Waals surface area contributed by atoms with E-state index in [4.69, 9.17) is 0 Å². The highest BCUT2D eigenvalue weighted by molar-refractivity contribution is 5.29. The molecule has 1 fully saturated rings. The van der Waals surface area contributed by atoms with Gasteiger partial charge in [0.05, 0.1) is 6.10 Å². The highest BCUT2D eigenvalue weighted by atomic mass is 16.3. The Kier molecular flexibility index (Phi) is 3.11. The minimum Gasteiger partial charge on any atom is -0.393 e. The Balaban J connectivity index is 1.89. The number of rotatable bonds is 4. The first kappa shape index (κ1) is 10.7. The maximum atomic E-state index is 9.77. The molecule has 1 aliphatic rings. The zero-order valence-electron chi connectivity index (χ0n) is 9.66. The first-order valence-electron chi connectivity index (χ1n) is 5.91. The Morgan fingerprint density at radius 3 is 2.60 bits per heavy atom. The second-order valence-corrected chi connectivity index (χ2v) is 4.86. The zero-order valence-corrected chi connectivity index (χ0v) is 9.66. The predicted molar refractivity (Wildman–Crippen MR) is 63.0 cm³/mol. The van der Waals surface area contributed by atoms with Crippen LogP contribution in [0.2, 0.25) is 0 Å². The van der Waals surface area contributed by atoms with Gasteiger partial charge in [-0.2, -0.15) is 0 Å². The Hall–Kier alpha value is -0.820. The number of aliphatic hydroxyl groups is 1. The normalized spacial score (nSPS) is 17.8. The summed E-state index contributed by atoms with van der Waals surface area (Å²) in [5, 5.41) is 9.77. The van der Waals surface area contributed by atoms with Crippen LogP contribution in [0.3, 0.4) is 0 Å². The highest BCUT2D eigenvalue weighted by Gasteiger charge is 2.28. The van der Waals surface area contributed by atoms with Gasteiger partial charge in [0.2, 0.25) is 0 Å². The van der Waals surface area contributed by atoms with E-state index in [1.807, 2.05) is 0 Å². The fraction of sp³-hybridized carbons (Fsp3) is 0.571. The average molecular weight is 204 g/mol. The summed E-state index contributed by atoms with van der Waals surface area (Å²) in [6.45, 7) is 4.29. The number of hydrogen-bond donors (Lipinski definition) is 1. The van der Waals surface area contributed by atoms with E-state index >= 15 is 0 Å². The summed E-state index contributed by atoms with van der Waals surface area (Å²) < 4.78 is 0. The van der Waals surface area contributed by atoms with Crippen molar-refractivity contribution in [3.05, 3.63) is 34.9 Å². The summed E-state index contributed by atoms with van der Waals surface area (Å²) in [5.41, 5.74) is 4.06. The molecule has 1 N–H and O–H groups in total. The second kappa shape index (κ2) is 4.36. The first-order valence-corrected chi connectivity index (χ1v) is 5.91. The average Bonchev–Trinajstić information content (AvgIpc) is 3.03. The molecule has 0 amide bonds. The third kappa shape index (κ3) is 2.82. The number of benzene rings is 1. The van der Waals surface area contributed by atoms with E-state index in [1.54, 1.807) is 0 Å². The Morgan fingerprint density at radius 2 is 2.00 bits per heavy atom. The highest BCUT2D eigenvalue weighted by Crippen LogP contribution is 2.34. The molecule has 1 aromatic carbocycles. The molecule has 0 heterocycles. The molecule has 1 nitrogen and oxygen atoms in total. The second-order valence-electron chi connectivity index (χ2n) is 4.86. The Morgan fingerprint density at radius 1 is 1.27 bits per heavy atom. The van der Waals surface area contributed by atoms with Gasteiger partial charge in [-0.3, -0.25) is 0 Å². The van der Waals surface area contributed by atoms with E-state index in [1.165, 1.54) is 29.5 Å². The van der Waals surface area contributed by atoms with Crippen molar-refractivity contribution in [2.75, 3.05) is 0 Å². The summed E-state index contributed by atoms with van der Waals surface area (Å²) >= 11 is 0. The van der Waals surface area contributed by atoms with Crippen LogP contribution in [0.4, 0.5) is 0 Å². The lowest BCUT2D eigenvalue weighted by atomic mass is 10.0. The molecule has 0 aromatic heterocycles. The summed E-state index contributed by atoms with van der Waals surface area (Å²) in [4.78, 5) is 0. The van der Waals surface area contributed by atoms with Gasteiger partial charge in [-0.25, -0.2) is 0 Å². The standard InChI is InChI=1S/C14H20O/c1-10-3-4-12(9-11(10)2)5-8-14(15)13-6-7-13/h3-4,9,13-15H,5-8H2,1-2H3. The van der Waals surface area contributed by atoms with Crippen molar-refractivity contribution in [3.63, 3.8) is 0 Å². The predicted octanol–water partition coefficient (Wildman–Crippen LogP) is 3.01. The van der Waals surface area contributed by atoms with Crippen molar-refractivity contribution in [2.45, 2.75) is 45.6 Å². The van der Waals surface area contributed by atoms with Crippen LogP contribution in [0.25, 0.3) is 0 Å². The van der Waals surface area contributed by atoms with E-state index in [2.05, 4.69) is 32.0 Å². The van der Waals surface area contributed by atoms with Gasteiger partial charge in [-0.05, 0) is 62.1 Å². The molecule has 15 heavy (non-hydrogen) atoms. The largest absolute Gasteiger partial charge is 0.393 e. The minimum atomic E-state index is -0.0633. The molecule has 1 aromatic rings. The molecule has 1 saturated carbocycles. The lowest BCUT2D eigenvalue weighted by Gasteiger charge is -2.09. The van der Waals surface area contributed by atoms with Crippen molar-refractivity contribution in [3.8, 4) is 0 Å². The van der Waals surface area contributed by atoms with Gasteiger partial charge in [0, 0.05) is 0 Å². The molecule has 1 unspecified atom stereocenters. The fourth-order valence-electron chi connectivity index (χ4n) is 1.99. The molecule has 0 saturated heterocycles. The van der Waals surface area contributed by atoms with Crippen LogP contribution in [-0.2, 0) is 6.42 Å². The van der Waals surface area contributed by atoms with Crippen LogP contribution in [0.15, 0.2) is 18.2 Å². The van der Waals surface area contributed by atoms with Gasteiger partial charge in [0.1, 0.15) is 0 Å². The molecular weight excluding hydrogens is 184 g/mol. The molecule has 1 atom stereocenters. The van der Waals surface area contributed by atoms with Gasteiger partial charge in [-0.15, -0.1) is 0 Å². The summed E-state index contributed by atoms with van der Waals surface area (Å²) in [7, 11) is 0. The molecule has 0 aliphatic heterocycles. The number of hydrogen-bond acceptors (Lipinski definition) is 1. The first-order chi connectivity index (χ1) is 7.16. The van der Waals surface area contributed by atoms with Crippen molar-refractivity contribution in [1.82, 2.24) is 0 Å². The van der Waals surface area contributed by atoms with Crippen molar-refractivity contribution < 1.29 is 5.11 Å². The van der Waals surface area contributed by atoms with Crippen LogP contribution in [0.1, 0.15) is 36.0 Å². The Labute approximate surface area is 92.1 Å². The van der Waals surface area contributed by atoms with E-state index in [9.17, 15) is 5.11 Å². The molecule has 0 radical (unpaired) electrons. The maximum Gasteiger partial charge on any atom is 0.0571 e. The van der Waals surface area contributed by atoms with Crippen LogP contribution < -0.4 is 0 Å². The minimum absolute atomic E-state index is 0.0633. The smallest absolute Gasteiger partial charge is 0.0571 e. The van der Waals surface area contributed by atoms with Crippen LogP contribution >= 0.6 is 0 Å². The molecule has 1 heteroatoms. The molecule has 2 rings (SSSR count). The molecule has 0 spiro atoms. The van der Waals surface area contributed by atoms with Gasteiger partial charge >= 0.3 is 0 Å². The lowest BCUT2D eigenvalue weighted by Crippen LogP contribution is -2.10. The quantitative estimate of drug-likeness (QED) is 0.799. The third-order valence-electron chi connectivity index (χ3n) is 3.47. The topological polar surface area (TPSA) is 20.2 Å². The van der Waals surface area contributed by atoms with E-state index in [0.717, 1.165) is 12.8 Å². The monoisotopic (exact) mass is 204 g/mol. The summed E-state index contributed by atoms with van der Waals surface area (Å²) in [6, 6.07) is 6.60. The Bertz CT molecular complexity index is 339. The van der Waals surface area contributed by atoms with Gasteiger partial charge in [-0.1, -0.05) is 18.2 Å². The van der Waals surface area contributed by atoms with Gasteiger partial charge < -0.3 is 5.11 Å². The van der Waals surface area contributed by atoms with Crippen LogP contribution in [0.5, 0.6) is 0 Å². The van der Waals surface area contributed by atoms with Crippen molar-refractivity contribution >= 4 is 0 Å². The zero-order chi connectivity index (χ0) is 10.8. The summed E-state index contributed by atoms with van der Waals surface area (Å²) in [6.07, 6.45) is 4.33. The summed E-state index contributed by atoms with van der Waals surface area (Å²) in [5.74, 6) is 0.608. The molecule has 1 aliphatic carbocycles. The van der Waals surface area contributed by atoms with Crippen LogP contribution in [-0.4, -0.2) is 11.2 Å². The van der Waals surface area contributed by atoms with E-state index in [-0.39, 0.29) is 6.10 Å². The van der Waals surface area contributed by atoms with E-state index in [0.29, 0.717) is 5.92 Å². The molecule has 0 bridgehead atoms. The van der Waals surface area contributed by atoms with E-state index < -0.39 is 0 Å². The number of aliphatic hydroxyl groups excluding tert-OH is 1. The number of aryl methyl sites for hydroxylation is 3. The maximum absolute atomic E-state index is 9.77. The SMILES string of the molecule is Cc1ccc(CCC(O)C2CC2)cc1C. The van der Waals surface area contributed by atoms with Crippen LogP contribution in [0, 0.1) is 19.8 Å². The van der Waals surface area contributed by atoms with Crippen molar-refractivity contribution in [1.29, 1.82) is 0 Å². The van der Waals surface area contributed by atoms with Gasteiger partial charge in [0.15, 0.2) is 0 Å². The fourth-order valence-corrected chi connectivity index (χ4v) is 1.99. The lowest BCUT2D eigenvalue weighted by molar-refractivity contribution is 0.142.